The molecule has 10 heteroatoms. The molecule has 5 rings (SSSR count). The topological polar surface area (TPSA) is 121 Å². The fourth-order valence-electron chi connectivity index (χ4n) is 4.63. The van der Waals surface area contributed by atoms with Gasteiger partial charge in [0.05, 0.1) is 18.8 Å². The molecule has 1 fully saturated rings. The van der Waals surface area contributed by atoms with Crippen LogP contribution in [0.5, 0.6) is 0 Å². The molecule has 0 spiro atoms. The highest BCUT2D eigenvalue weighted by molar-refractivity contribution is 7.99. The number of urea groups is 1. The summed E-state index contributed by atoms with van der Waals surface area (Å²) in [5.41, 5.74) is 5.96. The molecule has 4 N–H and O–H groups in total. The van der Waals surface area contributed by atoms with Crippen molar-refractivity contribution >= 4 is 17.8 Å². The van der Waals surface area contributed by atoms with Gasteiger partial charge in [-0.2, -0.15) is 5.10 Å². The minimum atomic E-state index is -0.541. The highest BCUT2D eigenvalue weighted by Gasteiger charge is 2.32. The van der Waals surface area contributed by atoms with E-state index in [1.807, 2.05) is 61.5 Å². The summed E-state index contributed by atoms with van der Waals surface area (Å²) in [5.74, 6) is 0.699. The lowest BCUT2D eigenvalue weighted by atomic mass is 9.98. The van der Waals surface area contributed by atoms with Crippen LogP contribution in [-0.2, 0) is 22.6 Å². The Bertz CT molecular complexity index is 1370. The third-order valence-electron chi connectivity index (χ3n) is 6.70. The lowest BCUT2D eigenvalue weighted by Gasteiger charge is -2.36. The Morgan fingerprint density at radius 3 is 2.52 bits per heavy atom. The number of benzene rings is 3. The summed E-state index contributed by atoms with van der Waals surface area (Å²) in [6, 6.07) is 23.9. The molecule has 3 atom stereocenters. The minimum absolute atomic E-state index is 0.00542. The maximum Gasteiger partial charge on any atom is 0.315 e. The first kappa shape index (κ1) is 27.9. The smallest absolute Gasteiger partial charge is 0.315 e. The average molecular weight is 560 g/mol. The second kappa shape index (κ2) is 13.6. The Balaban J connectivity index is 1.33. The van der Waals surface area contributed by atoms with Gasteiger partial charge in [-0.15, -0.1) is 0 Å². The molecule has 9 nitrogen and oxygen atoms in total. The van der Waals surface area contributed by atoms with Crippen LogP contribution in [0.25, 0.3) is 11.1 Å². The van der Waals surface area contributed by atoms with Crippen LogP contribution >= 0.6 is 11.8 Å². The standard InChI is InChI=1S/C30H33N5O4S/c1-2-31-29(37)32-16-24-5-3-4-6-26(24)21-11-13-23(14-12-21)28-38-25(18-40-30-33-19-34-35-30)15-27(39-28)22-9-7-20(17-36)8-10-22/h3-14,19,25,27-28,36H,2,15-18H2,1H3,(H2,31,32,37)(H,33,34,35)/t25-,27+,28+/m0/s1. The number of rotatable bonds is 10. The van der Waals surface area contributed by atoms with E-state index in [4.69, 9.17) is 9.47 Å². The largest absolute Gasteiger partial charge is 0.392 e. The number of carbonyl (C=O) groups excluding carboxylic acids is 1. The second-order valence-corrected chi connectivity index (χ2v) is 10.5. The van der Waals surface area contributed by atoms with Crippen molar-refractivity contribution in [2.75, 3.05) is 12.3 Å². The van der Waals surface area contributed by atoms with Crippen molar-refractivity contribution in [1.29, 1.82) is 0 Å². The Hall–Kier alpha value is -3.70. The summed E-state index contributed by atoms with van der Waals surface area (Å²) < 4.78 is 12.9. The zero-order valence-electron chi connectivity index (χ0n) is 22.2. The van der Waals surface area contributed by atoms with Crippen molar-refractivity contribution in [1.82, 2.24) is 25.8 Å². The molecule has 40 heavy (non-hydrogen) atoms. The molecular weight excluding hydrogens is 526 g/mol. The molecule has 0 saturated carbocycles. The lowest BCUT2D eigenvalue weighted by Crippen LogP contribution is -2.34. The molecule has 1 saturated heterocycles. The number of carbonyl (C=O) groups is 1. The van der Waals surface area contributed by atoms with E-state index in [0.717, 1.165) is 38.5 Å². The molecule has 2 heterocycles. The number of ether oxygens (including phenoxy) is 2. The normalized spacial score (nSPS) is 18.8. The molecule has 208 valence electrons. The van der Waals surface area contributed by atoms with Gasteiger partial charge in [-0.1, -0.05) is 84.6 Å². The number of amides is 2. The number of thioether (sulfide) groups is 1. The predicted octanol–water partition coefficient (Wildman–Crippen LogP) is 5.12. The van der Waals surface area contributed by atoms with Gasteiger partial charge in [-0.25, -0.2) is 9.78 Å². The van der Waals surface area contributed by atoms with E-state index >= 15 is 0 Å². The maximum absolute atomic E-state index is 11.9. The van der Waals surface area contributed by atoms with E-state index in [2.05, 4.69) is 44.0 Å². The summed E-state index contributed by atoms with van der Waals surface area (Å²) in [5, 5.41) is 22.7. The van der Waals surface area contributed by atoms with Gasteiger partial charge in [-0.3, -0.25) is 5.10 Å². The summed E-state index contributed by atoms with van der Waals surface area (Å²) >= 11 is 1.57. The van der Waals surface area contributed by atoms with Crippen molar-refractivity contribution in [2.24, 2.45) is 0 Å². The number of hydrogen-bond acceptors (Lipinski definition) is 7. The summed E-state index contributed by atoms with van der Waals surface area (Å²) in [6.45, 7) is 2.90. The van der Waals surface area contributed by atoms with Gasteiger partial charge in [0.2, 0.25) is 0 Å². The number of aliphatic hydroxyl groups excluding tert-OH is 1. The van der Waals surface area contributed by atoms with Crippen molar-refractivity contribution < 1.29 is 19.4 Å². The third kappa shape index (κ3) is 7.08. The van der Waals surface area contributed by atoms with Crippen LogP contribution in [0.4, 0.5) is 4.79 Å². The SMILES string of the molecule is CCNC(=O)NCc1ccccc1-c1ccc([C@@H]2O[C@H](CSc3ncn[nH]3)C[C@H](c3ccc(CO)cc3)O2)cc1. The van der Waals surface area contributed by atoms with E-state index in [1.165, 1.54) is 6.33 Å². The molecule has 1 aliphatic heterocycles. The van der Waals surface area contributed by atoms with Crippen LogP contribution in [0, 0.1) is 0 Å². The van der Waals surface area contributed by atoms with E-state index in [9.17, 15) is 9.90 Å². The third-order valence-corrected chi connectivity index (χ3v) is 7.71. The van der Waals surface area contributed by atoms with Gasteiger partial charge in [-0.05, 0) is 34.7 Å². The van der Waals surface area contributed by atoms with Crippen molar-refractivity contribution in [3.63, 3.8) is 0 Å². The summed E-state index contributed by atoms with van der Waals surface area (Å²) in [7, 11) is 0. The van der Waals surface area contributed by atoms with Crippen LogP contribution in [0.1, 0.15) is 48.0 Å². The molecular formula is C30H33N5O4S. The number of nitrogens with zero attached hydrogens (tertiary/aromatic N) is 2. The fraction of sp³-hybridized carbons (Fsp3) is 0.300. The number of H-pyrrole nitrogens is 1. The molecule has 1 aromatic heterocycles. The number of aromatic amines is 1. The Labute approximate surface area is 237 Å². The fourth-order valence-corrected chi connectivity index (χ4v) is 5.43. The van der Waals surface area contributed by atoms with Crippen LogP contribution < -0.4 is 10.6 Å². The zero-order chi connectivity index (χ0) is 27.7. The van der Waals surface area contributed by atoms with Crippen LogP contribution in [0.3, 0.4) is 0 Å². The first-order valence-electron chi connectivity index (χ1n) is 13.3. The van der Waals surface area contributed by atoms with Gasteiger partial charge < -0.3 is 25.2 Å². The predicted molar refractivity (Wildman–Crippen MR) is 153 cm³/mol. The van der Waals surface area contributed by atoms with Crippen molar-refractivity contribution in [2.45, 2.75) is 50.2 Å². The van der Waals surface area contributed by atoms with E-state index in [0.29, 0.717) is 25.3 Å². The first-order valence-corrected chi connectivity index (χ1v) is 14.3. The monoisotopic (exact) mass is 559 g/mol. The highest BCUT2D eigenvalue weighted by Crippen LogP contribution is 2.39. The highest BCUT2D eigenvalue weighted by atomic mass is 32.2. The maximum atomic E-state index is 11.9. The molecule has 0 aliphatic carbocycles. The molecule has 0 radical (unpaired) electrons. The molecule has 3 aromatic carbocycles. The van der Waals surface area contributed by atoms with Crippen molar-refractivity contribution in [3.8, 4) is 11.1 Å². The Morgan fingerprint density at radius 2 is 1.80 bits per heavy atom. The van der Waals surface area contributed by atoms with Crippen molar-refractivity contribution in [3.05, 3.63) is 101 Å². The average Bonchev–Trinajstić information content (AvgIpc) is 3.53. The van der Waals surface area contributed by atoms with E-state index in [-0.39, 0.29) is 24.8 Å². The quantitative estimate of drug-likeness (QED) is 0.199. The summed E-state index contributed by atoms with van der Waals surface area (Å²) in [4.78, 5) is 16.1. The molecule has 0 bridgehead atoms. The number of aliphatic hydroxyl groups is 1. The Morgan fingerprint density at radius 1 is 1.02 bits per heavy atom. The molecule has 4 aromatic rings. The zero-order valence-corrected chi connectivity index (χ0v) is 23.1. The summed E-state index contributed by atoms with van der Waals surface area (Å²) in [6.07, 6.45) is 1.42. The minimum Gasteiger partial charge on any atom is -0.392 e. The van der Waals surface area contributed by atoms with Crippen LogP contribution in [0.15, 0.2) is 84.3 Å². The van der Waals surface area contributed by atoms with Crippen LogP contribution in [0.2, 0.25) is 0 Å². The lowest BCUT2D eigenvalue weighted by molar-refractivity contribution is -0.245. The molecule has 0 unspecified atom stereocenters. The molecule has 1 aliphatic rings. The van der Waals surface area contributed by atoms with Gasteiger partial charge >= 0.3 is 6.03 Å². The van der Waals surface area contributed by atoms with Gasteiger partial charge in [0.15, 0.2) is 11.4 Å². The first-order chi connectivity index (χ1) is 19.6. The molecule has 2 amide bonds. The number of hydrogen-bond donors (Lipinski definition) is 4. The number of nitrogens with one attached hydrogen (secondary N) is 3. The number of aromatic nitrogens is 3. The second-order valence-electron chi connectivity index (χ2n) is 9.44. The van der Waals surface area contributed by atoms with Gasteiger partial charge in [0.25, 0.3) is 0 Å². The Kier molecular flexibility index (Phi) is 9.46. The van der Waals surface area contributed by atoms with E-state index in [1.54, 1.807) is 11.8 Å². The van der Waals surface area contributed by atoms with Gasteiger partial charge in [0, 0.05) is 30.8 Å². The van der Waals surface area contributed by atoms with Crippen LogP contribution in [-0.4, -0.2) is 44.7 Å². The van der Waals surface area contributed by atoms with E-state index < -0.39 is 6.29 Å². The van der Waals surface area contributed by atoms with Gasteiger partial charge in [0.1, 0.15) is 6.33 Å².